The monoisotopic (exact) mass is 415 g/mol. The first-order valence-corrected chi connectivity index (χ1v) is 10.8. The van der Waals surface area contributed by atoms with E-state index in [9.17, 15) is 0 Å². The third-order valence-electron chi connectivity index (χ3n) is 4.63. The van der Waals surface area contributed by atoms with Crippen LogP contribution in [0.5, 0.6) is 17.2 Å². The van der Waals surface area contributed by atoms with E-state index in [1.54, 1.807) is 18.4 Å². The fourth-order valence-electron chi connectivity index (χ4n) is 3.26. The van der Waals surface area contributed by atoms with Gasteiger partial charge in [0.15, 0.2) is 17.8 Å². The van der Waals surface area contributed by atoms with Crippen molar-refractivity contribution in [3.05, 3.63) is 52.7 Å². The summed E-state index contributed by atoms with van der Waals surface area (Å²) in [5.41, 5.74) is 0. The minimum Gasteiger partial charge on any atom is -0.493 e. The molecule has 0 spiro atoms. The van der Waals surface area contributed by atoms with Gasteiger partial charge in [-0.15, -0.1) is 11.3 Å². The van der Waals surface area contributed by atoms with Crippen LogP contribution < -0.4 is 19.5 Å². The molecule has 1 heterocycles. The molecule has 0 saturated carbocycles. The number of methoxy groups -OCH3 is 1. The first kappa shape index (κ1) is 21.4. The molecular weight excluding hydrogens is 386 g/mol. The molecule has 0 aliphatic heterocycles. The lowest BCUT2D eigenvalue weighted by atomic mass is 10.1. The average Bonchev–Trinajstić information content (AvgIpc) is 3.26. The zero-order valence-corrected chi connectivity index (χ0v) is 18.3. The highest BCUT2D eigenvalue weighted by atomic mass is 32.1. The van der Waals surface area contributed by atoms with Crippen molar-refractivity contribution < 1.29 is 18.9 Å². The van der Waals surface area contributed by atoms with E-state index in [0.717, 1.165) is 29.5 Å². The van der Waals surface area contributed by atoms with Crippen molar-refractivity contribution in [2.24, 2.45) is 0 Å². The van der Waals surface area contributed by atoms with Gasteiger partial charge in [-0.05, 0) is 57.1 Å². The van der Waals surface area contributed by atoms with E-state index in [0.29, 0.717) is 18.1 Å². The molecule has 1 aromatic heterocycles. The predicted octanol–water partition coefficient (Wildman–Crippen LogP) is 5.40. The van der Waals surface area contributed by atoms with Gasteiger partial charge >= 0.3 is 0 Å². The largest absolute Gasteiger partial charge is 0.493 e. The smallest absolute Gasteiger partial charge is 0.197 e. The first-order valence-electron chi connectivity index (χ1n) is 9.90. The second-order valence-corrected chi connectivity index (χ2v) is 7.58. The molecule has 3 rings (SSSR count). The lowest BCUT2D eigenvalue weighted by molar-refractivity contribution is -0.0615. The Morgan fingerprint density at radius 3 is 2.55 bits per heavy atom. The standard InChI is InChI=1S/C23H29NO4S/c1-5-26-16(2)27-23-18-8-6-9-19(17(18)11-12-21(23)25-4)28-20(13-14-24-3)22-10-7-15-29-22/h6-12,15-16,20,24H,5,13-14H2,1-4H3/t16?,20-/m0/s1. The number of fused-ring (bicyclic) bond motifs is 1. The number of nitrogens with one attached hydrogen (secondary N) is 1. The summed E-state index contributed by atoms with van der Waals surface area (Å²) in [5.74, 6) is 2.17. The van der Waals surface area contributed by atoms with Gasteiger partial charge in [0, 0.05) is 28.7 Å². The Bertz CT molecular complexity index is 897. The molecule has 0 fully saturated rings. The van der Waals surface area contributed by atoms with Crippen LogP contribution in [0.3, 0.4) is 0 Å². The molecule has 0 aliphatic rings. The number of rotatable bonds is 11. The number of hydrogen-bond donors (Lipinski definition) is 1. The van der Waals surface area contributed by atoms with E-state index in [1.807, 2.05) is 51.2 Å². The third kappa shape index (κ3) is 5.21. The van der Waals surface area contributed by atoms with Gasteiger partial charge in [0.2, 0.25) is 0 Å². The molecule has 1 N–H and O–H groups in total. The highest BCUT2D eigenvalue weighted by molar-refractivity contribution is 7.10. The summed E-state index contributed by atoms with van der Waals surface area (Å²) in [6.07, 6.45) is 0.495. The molecular formula is C23H29NO4S. The fraction of sp³-hybridized carbons (Fsp3) is 0.391. The highest BCUT2D eigenvalue weighted by Gasteiger charge is 2.19. The average molecular weight is 416 g/mol. The van der Waals surface area contributed by atoms with Crippen LogP contribution in [-0.4, -0.2) is 33.6 Å². The van der Waals surface area contributed by atoms with Crippen molar-refractivity contribution in [3.8, 4) is 17.2 Å². The van der Waals surface area contributed by atoms with Crippen LogP contribution in [0.2, 0.25) is 0 Å². The number of ether oxygens (including phenoxy) is 4. The zero-order valence-electron chi connectivity index (χ0n) is 17.4. The second kappa shape index (κ2) is 10.5. The Kier molecular flexibility index (Phi) is 7.75. The Morgan fingerprint density at radius 2 is 1.86 bits per heavy atom. The van der Waals surface area contributed by atoms with Crippen LogP contribution in [0, 0.1) is 0 Å². The first-order chi connectivity index (χ1) is 14.2. The van der Waals surface area contributed by atoms with Crippen molar-refractivity contribution in [2.75, 3.05) is 27.3 Å². The molecule has 2 aromatic carbocycles. The van der Waals surface area contributed by atoms with E-state index >= 15 is 0 Å². The van der Waals surface area contributed by atoms with Crippen LogP contribution in [0.15, 0.2) is 47.8 Å². The summed E-state index contributed by atoms with van der Waals surface area (Å²) in [6, 6.07) is 14.1. The molecule has 3 aromatic rings. The van der Waals surface area contributed by atoms with Crippen molar-refractivity contribution in [1.82, 2.24) is 5.32 Å². The Morgan fingerprint density at radius 1 is 1.00 bits per heavy atom. The van der Waals surface area contributed by atoms with Gasteiger partial charge in [-0.1, -0.05) is 18.2 Å². The van der Waals surface area contributed by atoms with Crippen molar-refractivity contribution in [3.63, 3.8) is 0 Å². The number of hydrogen-bond acceptors (Lipinski definition) is 6. The molecule has 0 bridgehead atoms. The van der Waals surface area contributed by atoms with E-state index in [2.05, 4.69) is 22.8 Å². The minimum absolute atomic E-state index is 0.0122. The van der Waals surface area contributed by atoms with Gasteiger partial charge in [0.1, 0.15) is 11.9 Å². The number of thiophene rings is 1. The minimum atomic E-state index is -0.376. The lowest BCUT2D eigenvalue weighted by Gasteiger charge is -2.21. The topological polar surface area (TPSA) is 49.0 Å². The summed E-state index contributed by atoms with van der Waals surface area (Å²) in [6.45, 7) is 5.28. The molecule has 2 atom stereocenters. The van der Waals surface area contributed by atoms with Gasteiger partial charge in [-0.3, -0.25) is 0 Å². The quantitative estimate of drug-likeness (QED) is 0.425. The molecule has 0 saturated heterocycles. The van der Waals surface area contributed by atoms with E-state index < -0.39 is 0 Å². The third-order valence-corrected chi connectivity index (χ3v) is 5.59. The van der Waals surface area contributed by atoms with Crippen molar-refractivity contribution in [2.45, 2.75) is 32.7 Å². The van der Waals surface area contributed by atoms with Crippen LogP contribution in [-0.2, 0) is 4.74 Å². The summed E-state index contributed by atoms with van der Waals surface area (Å²) in [4.78, 5) is 1.22. The van der Waals surface area contributed by atoms with Gasteiger partial charge < -0.3 is 24.3 Å². The van der Waals surface area contributed by atoms with Gasteiger partial charge in [0.25, 0.3) is 0 Å². The fourth-order valence-corrected chi connectivity index (χ4v) is 4.05. The molecule has 29 heavy (non-hydrogen) atoms. The molecule has 0 aliphatic carbocycles. The molecule has 5 nitrogen and oxygen atoms in total. The summed E-state index contributed by atoms with van der Waals surface area (Å²) in [7, 11) is 3.60. The van der Waals surface area contributed by atoms with Crippen LogP contribution in [0.4, 0.5) is 0 Å². The maximum absolute atomic E-state index is 6.50. The lowest BCUT2D eigenvalue weighted by Crippen LogP contribution is -2.17. The molecule has 6 heteroatoms. The van der Waals surface area contributed by atoms with Crippen molar-refractivity contribution >= 4 is 22.1 Å². The molecule has 0 amide bonds. The van der Waals surface area contributed by atoms with Gasteiger partial charge in [0.05, 0.1) is 7.11 Å². The summed E-state index contributed by atoms with van der Waals surface area (Å²) in [5, 5.41) is 7.22. The second-order valence-electron chi connectivity index (χ2n) is 6.60. The van der Waals surface area contributed by atoms with E-state index in [-0.39, 0.29) is 12.4 Å². The molecule has 156 valence electrons. The normalized spacial score (nSPS) is 13.2. The zero-order chi connectivity index (χ0) is 20.6. The molecule has 0 radical (unpaired) electrons. The van der Waals surface area contributed by atoms with Gasteiger partial charge in [-0.2, -0.15) is 0 Å². The van der Waals surface area contributed by atoms with Crippen molar-refractivity contribution in [1.29, 1.82) is 0 Å². The van der Waals surface area contributed by atoms with Crippen LogP contribution >= 0.6 is 11.3 Å². The van der Waals surface area contributed by atoms with Crippen LogP contribution in [0.1, 0.15) is 31.2 Å². The number of benzene rings is 2. The molecule has 1 unspecified atom stereocenters. The maximum Gasteiger partial charge on any atom is 0.197 e. The van der Waals surface area contributed by atoms with E-state index in [1.165, 1.54) is 4.88 Å². The highest BCUT2D eigenvalue weighted by Crippen LogP contribution is 2.41. The summed E-state index contributed by atoms with van der Waals surface area (Å²) >= 11 is 1.72. The van der Waals surface area contributed by atoms with E-state index in [4.69, 9.17) is 18.9 Å². The maximum atomic E-state index is 6.50. The van der Waals surface area contributed by atoms with Gasteiger partial charge in [-0.25, -0.2) is 0 Å². The summed E-state index contributed by atoms with van der Waals surface area (Å²) < 4.78 is 23.7. The Labute approximate surface area is 176 Å². The Hall–Kier alpha value is -2.28. The predicted molar refractivity (Wildman–Crippen MR) is 118 cm³/mol. The van der Waals surface area contributed by atoms with Crippen LogP contribution in [0.25, 0.3) is 10.8 Å². The SMILES string of the molecule is CCOC(C)Oc1c(OC)ccc2c(O[C@@H](CCNC)c3cccs3)cccc12. The Balaban J connectivity index is 1.98.